The zero-order valence-corrected chi connectivity index (χ0v) is 18.4. The van der Waals surface area contributed by atoms with E-state index < -0.39 is 0 Å². The number of anilines is 3. The summed E-state index contributed by atoms with van der Waals surface area (Å²) in [5.41, 5.74) is 2.69. The van der Waals surface area contributed by atoms with Gasteiger partial charge in [-0.25, -0.2) is 0 Å². The van der Waals surface area contributed by atoms with Crippen molar-refractivity contribution < 1.29 is 9.47 Å². The predicted octanol–water partition coefficient (Wildman–Crippen LogP) is 2.30. The minimum atomic E-state index is 0.221. The van der Waals surface area contributed by atoms with Gasteiger partial charge in [0.15, 0.2) is 5.11 Å². The average molecular weight is 441 g/mol. The van der Waals surface area contributed by atoms with Crippen LogP contribution in [0.25, 0.3) is 0 Å². The first-order chi connectivity index (χ1) is 15.2. The van der Waals surface area contributed by atoms with E-state index in [1.165, 1.54) is 11.1 Å². The van der Waals surface area contributed by atoms with Gasteiger partial charge in [0, 0.05) is 45.4 Å². The molecule has 0 unspecified atom stereocenters. The number of nitrogens with zero attached hydrogens (tertiary/aromatic N) is 4. The van der Waals surface area contributed by atoms with Crippen molar-refractivity contribution in [3.8, 4) is 0 Å². The summed E-state index contributed by atoms with van der Waals surface area (Å²) >= 11 is 5.50. The fourth-order valence-electron chi connectivity index (χ4n) is 4.25. The Morgan fingerprint density at radius 3 is 2.42 bits per heavy atom. The summed E-state index contributed by atoms with van der Waals surface area (Å²) in [6.07, 6.45) is 2.40. The molecule has 0 bridgehead atoms. The Bertz CT molecular complexity index is 905. The maximum Gasteiger partial charge on any atom is 0.232 e. The van der Waals surface area contributed by atoms with E-state index in [0.29, 0.717) is 30.8 Å². The number of nitrogens with one attached hydrogen (secondary N) is 2. The molecule has 164 valence electrons. The van der Waals surface area contributed by atoms with Crippen LogP contribution in [0, 0.1) is 0 Å². The van der Waals surface area contributed by atoms with Crippen molar-refractivity contribution in [3.05, 3.63) is 41.5 Å². The summed E-state index contributed by atoms with van der Waals surface area (Å²) in [5.74, 6) is 2.31. The van der Waals surface area contributed by atoms with Gasteiger partial charge < -0.3 is 29.9 Å². The van der Waals surface area contributed by atoms with Crippen LogP contribution in [-0.4, -0.2) is 60.6 Å². The zero-order chi connectivity index (χ0) is 21.0. The third kappa shape index (κ3) is 4.89. The predicted molar refractivity (Wildman–Crippen MR) is 125 cm³/mol. The van der Waals surface area contributed by atoms with E-state index in [4.69, 9.17) is 31.7 Å². The Balaban J connectivity index is 1.34. The van der Waals surface area contributed by atoms with Crippen LogP contribution in [0.3, 0.4) is 0 Å². The molecule has 1 aromatic heterocycles. The maximum absolute atomic E-state index is 5.66. The van der Waals surface area contributed by atoms with E-state index >= 15 is 0 Å². The van der Waals surface area contributed by atoms with Crippen molar-refractivity contribution in [3.63, 3.8) is 0 Å². The molecule has 2 aromatic rings. The van der Waals surface area contributed by atoms with E-state index in [-0.39, 0.29) is 6.10 Å². The van der Waals surface area contributed by atoms with E-state index in [9.17, 15) is 0 Å². The number of morpholine rings is 1. The Labute approximate surface area is 187 Å². The van der Waals surface area contributed by atoms with Crippen LogP contribution >= 0.6 is 12.2 Å². The quantitative estimate of drug-likeness (QED) is 0.681. The van der Waals surface area contributed by atoms with Gasteiger partial charge in [-0.2, -0.15) is 9.97 Å². The standard InChI is InChI=1S/C22H28N6O2S/c31-22(23-13-18-6-3-9-30-18)26-21-24-19(27-7-10-29-11-8-27)12-20(25-21)28-14-16-4-1-2-5-17(16)15-28/h1-2,4-5,12,18H,3,6-11,13-15H2,(H2,23,24,25,26,31)/t18-/m1/s1. The van der Waals surface area contributed by atoms with Gasteiger partial charge in [-0.1, -0.05) is 24.3 Å². The molecule has 3 aliphatic rings. The Kier molecular flexibility index (Phi) is 6.15. The molecule has 9 heteroatoms. The molecule has 4 heterocycles. The second kappa shape index (κ2) is 9.33. The molecule has 1 aromatic carbocycles. The molecule has 5 rings (SSSR count). The highest BCUT2D eigenvalue weighted by Crippen LogP contribution is 2.29. The molecule has 31 heavy (non-hydrogen) atoms. The average Bonchev–Trinajstić information content (AvgIpc) is 3.48. The van der Waals surface area contributed by atoms with Gasteiger partial charge in [0.25, 0.3) is 0 Å². The summed E-state index contributed by atoms with van der Waals surface area (Å²) in [6, 6.07) is 10.6. The van der Waals surface area contributed by atoms with Crippen molar-refractivity contribution in [1.82, 2.24) is 15.3 Å². The van der Waals surface area contributed by atoms with E-state index in [0.717, 1.165) is 57.3 Å². The Morgan fingerprint density at radius 1 is 1.03 bits per heavy atom. The Hall–Kier alpha value is -2.49. The molecule has 0 radical (unpaired) electrons. The fraction of sp³-hybridized carbons (Fsp3) is 0.500. The first-order valence-corrected chi connectivity index (χ1v) is 11.4. The number of rotatable bonds is 5. The summed E-state index contributed by atoms with van der Waals surface area (Å²) in [6.45, 7) is 6.27. The summed E-state index contributed by atoms with van der Waals surface area (Å²) in [7, 11) is 0. The lowest BCUT2D eigenvalue weighted by atomic mass is 10.1. The van der Waals surface area contributed by atoms with Gasteiger partial charge >= 0.3 is 0 Å². The minimum Gasteiger partial charge on any atom is -0.378 e. The highest BCUT2D eigenvalue weighted by Gasteiger charge is 2.23. The number of benzene rings is 1. The summed E-state index contributed by atoms with van der Waals surface area (Å²) in [4.78, 5) is 14.1. The third-order valence-corrected chi connectivity index (χ3v) is 6.18. The lowest BCUT2D eigenvalue weighted by Crippen LogP contribution is -2.38. The van der Waals surface area contributed by atoms with Crippen LogP contribution in [0.5, 0.6) is 0 Å². The topological polar surface area (TPSA) is 74.8 Å². The number of thiocarbonyl (C=S) groups is 1. The second-order valence-corrected chi connectivity index (χ2v) is 8.51. The summed E-state index contributed by atoms with van der Waals surface area (Å²) < 4.78 is 11.2. The van der Waals surface area contributed by atoms with Gasteiger partial charge in [-0.15, -0.1) is 0 Å². The third-order valence-electron chi connectivity index (χ3n) is 5.94. The summed E-state index contributed by atoms with van der Waals surface area (Å²) in [5, 5.41) is 6.95. The molecule has 8 nitrogen and oxygen atoms in total. The first kappa shape index (κ1) is 20.4. The van der Waals surface area contributed by atoms with Gasteiger partial charge in [0.05, 0.1) is 19.3 Å². The second-order valence-electron chi connectivity index (χ2n) is 8.10. The number of ether oxygens (including phenoxy) is 2. The highest BCUT2D eigenvalue weighted by molar-refractivity contribution is 7.80. The Morgan fingerprint density at radius 2 is 1.74 bits per heavy atom. The lowest BCUT2D eigenvalue weighted by Gasteiger charge is -2.29. The number of fused-ring (bicyclic) bond motifs is 1. The molecule has 0 aliphatic carbocycles. The number of hydrogen-bond donors (Lipinski definition) is 2. The van der Waals surface area contributed by atoms with Crippen molar-refractivity contribution in [2.75, 3.05) is 54.6 Å². The monoisotopic (exact) mass is 440 g/mol. The molecule has 0 amide bonds. The van der Waals surface area contributed by atoms with Crippen molar-refractivity contribution >= 4 is 34.9 Å². The number of aromatic nitrogens is 2. The highest BCUT2D eigenvalue weighted by atomic mass is 32.1. The van der Waals surface area contributed by atoms with Crippen LogP contribution in [0.4, 0.5) is 17.6 Å². The molecule has 3 aliphatic heterocycles. The van der Waals surface area contributed by atoms with Crippen LogP contribution < -0.4 is 20.4 Å². The van der Waals surface area contributed by atoms with E-state index in [1.54, 1.807) is 0 Å². The molecular formula is C22H28N6O2S. The van der Waals surface area contributed by atoms with Gasteiger partial charge in [-0.3, -0.25) is 0 Å². The maximum atomic E-state index is 5.66. The molecule has 2 fully saturated rings. The van der Waals surface area contributed by atoms with Crippen LogP contribution in [-0.2, 0) is 22.6 Å². The lowest BCUT2D eigenvalue weighted by molar-refractivity contribution is 0.114. The van der Waals surface area contributed by atoms with Gasteiger partial charge in [0.1, 0.15) is 11.6 Å². The van der Waals surface area contributed by atoms with E-state index in [1.807, 2.05) is 0 Å². The first-order valence-electron chi connectivity index (χ1n) is 10.9. The zero-order valence-electron chi connectivity index (χ0n) is 17.5. The van der Waals surface area contributed by atoms with Crippen molar-refractivity contribution in [2.45, 2.75) is 32.0 Å². The van der Waals surface area contributed by atoms with Gasteiger partial charge in [-0.05, 0) is 36.2 Å². The molecule has 0 saturated carbocycles. The smallest absolute Gasteiger partial charge is 0.232 e. The SMILES string of the molecule is S=C(NC[C@H]1CCCO1)Nc1nc(N2CCOCC2)cc(N2Cc3ccccc3C2)n1. The fourth-order valence-corrected chi connectivity index (χ4v) is 4.42. The van der Waals surface area contributed by atoms with Crippen molar-refractivity contribution in [2.24, 2.45) is 0 Å². The molecule has 2 N–H and O–H groups in total. The van der Waals surface area contributed by atoms with Crippen molar-refractivity contribution in [1.29, 1.82) is 0 Å². The normalized spacial score (nSPS) is 20.6. The molecule has 1 atom stereocenters. The van der Waals surface area contributed by atoms with Crippen LogP contribution in [0.15, 0.2) is 30.3 Å². The molecule has 2 saturated heterocycles. The van der Waals surface area contributed by atoms with Crippen LogP contribution in [0.1, 0.15) is 24.0 Å². The number of hydrogen-bond acceptors (Lipinski definition) is 7. The van der Waals surface area contributed by atoms with Gasteiger partial charge in [0.2, 0.25) is 5.95 Å². The molecule has 0 spiro atoms. The minimum absolute atomic E-state index is 0.221. The van der Waals surface area contributed by atoms with E-state index in [2.05, 4.69) is 50.8 Å². The van der Waals surface area contributed by atoms with Crippen LogP contribution in [0.2, 0.25) is 0 Å². The molecular weight excluding hydrogens is 412 g/mol. The largest absolute Gasteiger partial charge is 0.378 e.